The standard InChI is InChI=1S/C19H26N6O4/c1-9(26)20-6-13-15(27)16(28)19(29-13)25-8-23-14-17(21-7-22-18(14)25)24-12-5-10-2-3-11(12)4-10/h7-8,10-13,15-16,19,27-28H,2-6H2,1H3,(H,20,26)(H,21,22,24)/t10-,11-,12-,13+,15+,16+,19+/m0/s1. The van der Waals surface area contributed by atoms with E-state index in [4.69, 9.17) is 4.74 Å². The molecule has 0 aromatic carbocycles. The molecular weight excluding hydrogens is 376 g/mol. The van der Waals surface area contributed by atoms with Crippen LogP contribution in [0.1, 0.15) is 38.8 Å². The van der Waals surface area contributed by atoms with Gasteiger partial charge in [0.25, 0.3) is 0 Å². The van der Waals surface area contributed by atoms with Gasteiger partial charge in [-0.3, -0.25) is 9.36 Å². The Morgan fingerprint density at radius 2 is 2.10 bits per heavy atom. The first-order valence-electron chi connectivity index (χ1n) is 10.2. The lowest BCUT2D eigenvalue weighted by molar-refractivity contribution is -0.120. The predicted molar refractivity (Wildman–Crippen MR) is 103 cm³/mol. The van der Waals surface area contributed by atoms with E-state index in [0.29, 0.717) is 28.9 Å². The van der Waals surface area contributed by atoms with E-state index in [9.17, 15) is 15.0 Å². The number of aliphatic hydroxyl groups excluding tert-OH is 2. The lowest BCUT2D eigenvalue weighted by Crippen LogP contribution is -2.39. The quantitative estimate of drug-likeness (QED) is 0.556. The number of ether oxygens (including phenoxy) is 1. The van der Waals surface area contributed by atoms with Crippen LogP contribution >= 0.6 is 0 Å². The van der Waals surface area contributed by atoms with Crippen molar-refractivity contribution in [2.24, 2.45) is 11.8 Å². The van der Waals surface area contributed by atoms with E-state index >= 15 is 0 Å². The second kappa shape index (κ2) is 7.19. The molecule has 3 aliphatic rings. The average Bonchev–Trinajstić information content (AvgIpc) is 3.46. The molecule has 0 radical (unpaired) electrons. The van der Waals surface area contributed by atoms with Crippen LogP contribution in [-0.4, -0.2) is 66.5 Å². The lowest BCUT2D eigenvalue weighted by atomic mass is 9.95. The second-order valence-electron chi connectivity index (χ2n) is 8.46. The smallest absolute Gasteiger partial charge is 0.216 e. The largest absolute Gasteiger partial charge is 0.387 e. The summed E-state index contributed by atoms with van der Waals surface area (Å²) in [6.07, 6.45) is 4.21. The van der Waals surface area contributed by atoms with Crippen molar-refractivity contribution in [3.63, 3.8) is 0 Å². The molecule has 1 amide bonds. The van der Waals surface area contributed by atoms with Gasteiger partial charge >= 0.3 is 0 Å². The monoisotopic (exact) mass is 402 g/mol. The summed E-state index contributed by atoms with van der Waals surface area (Å²) in [6.45, 7) is 1.50. The molecule has 2 aromatic rings. The van der Waals surface area contributed by atoms with E-state index in [1.165, 1.54) is 38.9 Å². The number of nitrogens with zero attached hydrogens (tertiary/aromatic N) is 4. The van der Waals surface area contributed by atoms with Gasteiger partial charge in [0.15, 0.2) is 23.2 Å². The molecule has 3 fully saturated rings. The van der Waals surface area contributed by atoms with Crippen LogP contribution in [0.15, 0.2) is 12.7 Å². The zero-order valence-corrected chi connectivity index (χ0v) is 16.2. The van der Waals surface area contributed by atoms with Crippen LogP contribution in [0.2, 0.25) is 0 Å². The van der Waals surface area contributed by atoms with Crippen molar-refractivity contribution in [1.82, 2.24) is 24.8 Å². The van der Waals surface area contributed by atoms with Crippen molar-refractivity contribution in [3.8, 4) is 0 Å². The fraction of sp³-hybridized carbons (Fsp3) is 0.684. The average molecular weight is 402 g/mol. The Morgan fingerprint density at radius 1 is 1.24 bits per heavy atom. The number of aliphatic hydroxyl groups is 2. The van der Waals surface area contributed by atoms with Gasteiger partial charge in [0.05, 0.1) is 6.33 Å². The zero-order chi connectivity index (χ0) is 20.1. The molecule has 3 heterocycles. The Labute approximate surface area is 167 Å². The number of aromatic nitrogens is 4. The maximum absolute atomic E-state index is 11.2. The number of fused-ring (bicyclic) bond motifs is 3. The molecule has 2 bridgehead atoms. The highest BCUT2D eigenvalue weighted by Gasteiger charge is 2.44. The molecule has 156 valence electrons. The van der Waals surface area contributed by atoms with E-state index < -0.39 is 24.5 Å². The normalized spacial score (nSPS) is 36.0. The van der Waals surface area contributed by atoms with Crippen molar-refractivity contribution in [3.05, 3.63) is 12.7 Å². The summed E-state index contributed by atoms with van der Waals surface area (Å²) in [5.41, 5.74) is 1.15. The summed E-state index contributed by atoms with van der Waals surface area (Å²) in [5.74, 6) is 1.97. The minimum atomic E-state index is -1.16. The van der Waals surface area contributed by atoms with Crippen LogP contribution in [0.3, 0.4) is 0 Å². The van der Waals surface area contributed by atoms with Gasteiger partial charge in [0.1, 0.15) is 24.6 Å². The predicted octanol–water partition coefficient (Wildman–Crippen LogP) is 0.182. The SMILES string of the molecule is CC(=O)NC[C@H]1O[C@@H](n2cnc3c(N[C@H]4C[C@H]5CC[C@H]4C5)ncnc32)[C@H](O)[C@@H]1O. The number of carbonyl (C=O) groups is 1. The van der Waals surface area contributed by atoms with Gasteiger partial charge in [-0.05, 0) is 31.1 Å². The summed E-state index contributed by atoms with van der Waals surface area (Å²) >= 11 is 0. The van der Waals surface area contributed by atoms with E-state index in [1.807, 2.05) is 0 Å². The summed E-state index contributed by atoms with van der Waals surface area (Å²) in [5, 5.41) is 27.0. The minimum Gasteiger partial charge on any atom is -0.387 e. The Hall–Kier alpha value is -2.30. The summed E-state index contributed by atoms with van der Waals surface area (Å²) in [7, 11) is 0. The van der Waals surface area contributed by atoms with Gasteiger partial charge in [-0.2, -0.15) is 0 Å². The van der Waals surface area contributed by atoms with Crippen molar-refractivity contribution in [2.45, 2.75) is 63.2 Å². The number of anilines is 1. The third-order valence-corrected chi connectivity index (χ3v) is 6.58. The van der Waals surface area contributed by atoms with E-state index in [0.717, 1.165) is 5.92 Å². The molecule has 2 aliphatic carbocycles. The van der Waals surface area contributed by atoms with Crippen LogP contribution in [-0.2, 0) is 9.53 Å². The first-order valence-corrected chi connectivity index (χ1v) is 10.2. The van der Waals surface area contributed by atoms with Crippen molar-refractivity contribution >= 4 is 22.9 Å². The highest BCUT2D eigenvalue weighted by molar-refractivity contribution is 5.83. The minimum absolute atomic E-state index is 0.114. The number of hydrogen-bond donors (Lipinski definition) is 4. The Bertz CT molecular complexity index is 919. The fourth-order valence-electron chi connectivity index (χ4n) is 5.11. The van der Waals surface area contributed by atoms with E-state index in [-0.39, 0.29) is 12.5 Å². The third kappa shape index (κ3) is 3.24. The fourth-order valence-corrected chi connectivity index (χ4v) is 5.11. The highest BCUT2D eigenvalue weighted by Crippen LogP contribution is 2.45. The van der Waals surface area contributed by atoms with Gasteiger partial charge in [-0.1, -0.05) is 6.42 Å². The summed E-state index contributed by atoms with van der Waals surface area (Å²) < 4.78 is 7.45. The van der Waals surface area contributed by atoms with Crippen LogP contribution in [0.25, 0.3) is 11.2 Å². The molecule has 2 saturated carbocycles. The van der Waals surface area contributed by atoms with Crippen molar-refractivity contribution in [2.75, 3.05) is 11.9 Å². The number of nitrogens with one attached hydrogen (secondary N) is 2. The zero-order valence-electron chi connectivity index (χ0n) is 16.2. The molecule has 1 aliphatic heterocycles. The molecule has 29 heavy (non-hydrogen) atoms. The molecule has 10 heteroatoms. The molecule has 4 N–H and O–H groups in total. The van der Waals surface area contributed by atoms with Gasteiger partial charge in [-0.25, -0.2) is 15.0 Å². The number of carbonyl (C=O) groups excluding carboxylic acids is 1. The molecule has 7 atom stereocenters. The number of hydrogen-bond acceptors (Lipinski definition) is 8. The maximum atomic E-state index is 11.2. The lowest BCUT2D eigenvalue weighted by Gasteiger charge is -2.23. The highest BCUT2D eigenvalue weighted by atomic mass is 16.6. The Balaban J connectivity index is 1.38. The molecule has 0 unspecified atom stereocenters. The van der Waals surface area contributed by atoms with E-state index in [1.54, 1.807) is 10.9 Å². The van der Waals surface area contributed by atoms with Crippen LogP contribution in [0.5, 0.6) is 0 Å². The van der Waals surface area contributed by atoms with Crippen LogP contribution in [0, 0.1) is 11.8 Å². The van der Waals surface area contributed by atoms with Gasteiger partial charge in [0.2, 0.25) is 5.91 Å². The number of rotatable bonds is 5. The van der Waals surface area contributed by atoms with Gasteiger partial charge < -0.3 is 25.6 Å². The van der Waals surface area contributed by atoms with Gasteiger partial charge in [-0.15, -0.1) is 0 Å². The maximum Gasteiger partial charge on any atom is 0.216 e. The Kier molecular flexibility index (Phi) is 4.64. The molecule has 0 spiro atoms. The topological polar surface area (TPSA) is 134 Å². The van der Waals surface area contributed by atoms with Crippen LogP contribution in [0.4, 0.5) is 5.82 Å². The Morgan fingerprint density at radius 3 is 2.83 bits per heavy atom. The van der Waals surface area contributed by atoms with Crippen molar-refractivity contribution < 1.29 is 19.7 Å². The molecule has 2 aromatic heterocycles. The molecule has 10 nitrogen and oxygen atoms in total. The molecule has 1 saturated heterocycles. The number of imidazole rings is 1. The molecule has 5 rings (SSSR count). The second-order valence-corrected chi connectivity index (χ2v) is 8.46. The third-order valence-electron chi connectivity index (χ3n) is 6.58. The molecular formula is C19H26N6O4. The first kappa shape index (κ1) is 18.7. The van der Waals surface area contributed by atoms with Crippen molar-refractivity contribution in [1.29, 1.82) is 0 Å². The van der Waals surface area contributed by atoms with E-state index in [2.05, 4.69) is 25.6 Å². The number of amides is 1. The summed E-state index contributed by atoms with van der Waals surface area (Å²) in [6, 6.07) is 0.411. The first-order chi connectivity index (χ1) is 14.0. The summed E-state index contributed by atoms with van der Waals surface area (Å²) in [4.78, 5) is 24.3. The van der Waals surface area contributed by atoms with Crippen LogP contribution < -0.4 is 10.6 Å². The van der Waals surface area contributed by atoms with Gasteiger partial charge in [0, 0.05) is 19.5 Å².